The highest BCUT2D eigenvalue weighted by molar-refractivity contribution is 5.82. The molecule has 0 radical (unpaired) electrons. The smallest absolute Gasteiger partial charge is 0.111 e. The van der Waals surface area contributed by atoms with Crippen molar-refractivity contribution in [1.82, 2.24) is 20.3 Å². The van der Waals surface area contributed by atoms with Crippen LogP contribution >= 0.6 is 0 Å². The molecule has 1 atom stereocenters. The van der Waals surface area contributed by atoms with Crippen LogP contribution in [0.3, 0.4) is 0 Å². The first-order valence-electron chi connectivity index (χ1n) is 10.00. The predicted molar refractivity (Wildman–Crippen MR) is 118 cm³/mol. The molecule has 0 aliphatic carbocycles. The number of rotatable bonds is 5. The summed E-state index contributed by atoms with van der Waals surface area (Å²) >= 11 is 0. The lowest BCUT2D eigenvalue weighted by molar-refractivity contribution is 0.449. The molecule has 4 heteroatoms. The van der Waals surface area contributed by atoms with Gasteiger partial charge in [-0.1, -0.05) is 59.1 Å². The van der Waals surface area contributed by atoms with Crippen molar-refractivity contribution in [3.05, 3.63) is 67.4 Å². The summed E-state index contributed by atoms with van der Waals surface area (Å²) in [6, 6.07) is 3.97. The number of nitrogens with zero attached hydrogens (tertiary/aromatic N) is 2. The van der Waals surface area contributed by atoms with Crippen LogP contribution in [-0.4, -0.2) is 28.0 Å². The van der Waals surface area contributed by atoms with Gasteiger partial charge in [0.25, 0.3) is 0 Å². The van der Waals surface area contributed by atoms with Crippen molar-refractivity contribution >= 4 is 5.57 Å². The van der Waals surface area contributed by atoms with Gasteiger partial charge in [-0.2, -0.15) is 0 Å². The lowest BCUT2D eigenvalue weighted by Gasteiger charge is -2.20. The number of hydrogen-bond donors (Lipinski definition) is 2. The number of piperidine rings is 1. The van der Waals surface area contributed by atoms with Crippen LogP contribution in [0, 0.1) is 0 Å². The molecular formula is C23H34N4. The third kappa shape index (κ3) is 6.04. The number of aromatic amines is 1. The summed E-state index contributed by atoms with van der Waals surface area (Å²) in [6.07, 6.45) is 11.5. The molecule has 4 nitrogen and oxygen atoms in total. The van der Waals surface area contributed by atoms with Crippen LogP contribution in [0.15, 0.2) is 55.9 Å². The first-order valence-corrected chi connectivity index (χ1v) is 10.00. The van der Waals surface area contributed by atoms with E-state index in [1.165, 1.54) is 6.42 Å². The maximum atomic E-state index is 4.91. The topological polar surface area (TPSA) is 53.6 Å². The fraction of sp³-hybridized carbons (Fsp3) is 0.391. The van der Waals surface area contributed by atoms with Gasteiger partial charge in [0.2, 0.25) is 0 Å². The van der Waals surface area contributed by atoms with E-state index in [1.54, 1.807) is 18.5 Å². The lowest BCUT2D eigenvalue weighted by Crippen LogP contribution is -2.28. The zero-order valence-corrected chi connectivity index (χ0v) is 17.3. The van der Waals surface area contributed by atoms with Gasteiger partial charge in [-0.05, 0) is 37.1 Å². The van der Waals surface area contributed by atoms with E-state index in [1.807, 2.05) is 52.0 Å². The van der Waals surface area contributed by atoms with Crippen LogP contribution in [-0.2, 0) is 0 Å². The van der Waals surface area contributed by atoms with Gasteiger partial charge < -0.3 is 10.3 Å². The summed E-state index contributed by atoms with van der Waals surface area (Å²) < 4.78 is 0. The van der Waals surface area contributed by atoms with Gasteiger partial charge >= 0.3 is 0 Å². The average molecular weight is 367 g/mol. The Hall–Kier alpha value is -2.46. The summed E-state index contributed by atoms with van der Waals surface area (Å²) in [7, 11) is 0. The first-order chi connectivity index (χ1) is 13.3. The second-order valence-electron chi connectivity index (χ2n) is 5.69. The Morgan fingerprint density at radius 2 is 1.85 bits per heavy atom. The van der Waals surface area contributed by atoms with Crippen molar-refractivity contribution in [2.75, 3.05) is 13.1 Å². The van der Waals surface area contributed by atoms with Gasteiger partial charge in [0.05, 0.1) is 11.4 Å². The minimum absolute atomic E-state index is 0.424. The normalized spacial score (nSPS) is 16.3. The van der Waals surface area contributed by atoms with E-state index < -0.39 is 0 Å². The van der Waals surface area contributed by atoms with E-state index in [9.17, 15) is 0 Å². The van der Waals surface area contributed by atoms with Crippen molar-refractivity contribution in [2.45, 2.75) is 46.5 Å². The highest BCUT2D eigenvalue weighted by Gasteiger charge is 2.22. The molecule has 1 aliphatic rings. The van der Waals surface area contributed by atoms with Gasteiger partial charge in [-0.15, -0.1) is 0 Å². The molecule has 2 aromatic heterocycles. The van der Waals surface area contributed by atoms with Crippen molar-refractivity contribution in [3.63, 3.8) is 0 Å². The highest BCUT2D eigenvalue weighted by atomic mass is 15.0. The fourth-order valence-corrected chi connectivity index (χ4v) is 2.98. The zero-order valence-electron chi connectivity index (χ0n) is 17.3. The van der Waals surface area contributed by atoms with Gasteiger partial charge in [-0.3, -0.25) is 4.98 Å². The molecule has 1 unspecified atom stereocenters. The minimum Gasteiger partial charge on any atom is -0.341 e. The van der Waals surface area contributed by atoms with Crippen LogP contribution in [0.1, 0.15) is 58.0 Å². The van der Waals surface area contributed by atoms with Crippen LogP contribution in [0.5, 0.6) is 0 Å². The molecule has 27 heavy (non-hydrogen) atoms. The molecule has 2 N–H and O–H groups in total. The third-order valence-corrected chi connectivity index (χ3v) is 4.17. The third-order valence-electron chi connectivity index (χ3n) is 4.17. The molecule has 3 heterocycles. The predicted octanol–water partition coefficient (Wildman–Crippen LogP) is 5.75. The number of imidazole rings is 1. The maximum absolute atomic E-state index is 4.91. The number of nitrogens with one attached hydrogen (secondary N) is 2. The van der Waals surface area contributed by atoms with Crippen molar-refractivity contribution < 1.29 is 0 Å². The monoisotopic (exact) mass is 366 g/mol. The Labute approximate surface area is 164 Å². The second-order valence-corrected chi connectivity index (χ2v) is 5.69. The molecule has 0 saturated carbocycles. The van der Waals surface area contributed by atoms with Crippen LogP contribution < -0.4 is 5.32 Å². The molecule has 146 valence electrons. The number of hydrogen-bond acceptors (Lipinski definition) is 3. The van der Waals surface area contributed by atoms with Crippen molar-refractivity contribution in [1.29, 1.82) is 0 Å². The van der Waals surface area contributed by atoms with Gasteiger partial charge in [0.1, 0.15) is 5.82 Å². The van der Waals surface area contributed by atoms with Gasteiger partial charge in [-0.25, -0.2) is 4.98 Å². The van der Waals surface area contributed by atoms with Crippen molar-refractivity contribution in [3.8, 4) is 11.3 Å². The molecule has 2 aromatic rings. The first kappa shape index (κ1) is 22.6. The second kappa shape index (κ2) is 12.8. The van der Waals surface area contributed by atoms with E-state index in [-0.39, 0.29) is 0 Å². The average Bonchev–Trinajstić information content (AvgIpc) is 3.21. The van der Waals surface area contributed by atoms with E-state index in [0.717, 1.165) is 47.9 Å². The fourth-order valence-electron chi connectivity index (χ4n) is 2.98. The van der Waals surface area contributed by atoms with Gasteiger partial charge in [0, 0.05) is 30.4 Å². The number of H-pyrrole nitrogens is 1. The summed E-state index contributed by atoms with van der Waals surface area (Å²) in [5.41, 5.74) is 3.99. The minimum atomic E-state index is 0.424. The summed E-state index contributed by atoms with van der Waals surface area (Å²) in [4.78, 5) is 12.5. The Kier molecular flexibility index (Phi) is 10.7. The quantitative estimate of drug-likeness (QED) is 0.663. The zero-order chi connectivity index (χ0) is 20.1. The van der Waals surface area contributed by atoms with E-state index in [0.29, 0.717) is 5.92 Å². The van der Waals surface area contributed by atoms with Crippen LogP contribution in [0.2, 0.25) is 0 Å². The largest absolute Gasteiger partial charge is 0.341 e. The summed E-state index contributed by atoms with van der Waals surface area (Å²) in [5, 5.41) is 3.45. The van der Waals surface area contributed by atoms with E-state index >= 15 is 0 Å². The molecule has 1 aliphatic heterocycles. The lowest BCUT2D eigenvalue weighted by atomic mass is 9.99. The van der Waals surface area contributed by atoms with Crippen molar-refractivity contribution in [2.24, 2.45) is 0 Å². The number of aromatic nitrogens is 3. The standard InChI is InChI=1S/C19H22N4.2C2H6/c1-3-6-14(4-2)17-18(15-8-11-20-12-9-15)23-19(22-17)16-7-5-10-21-13-16;2*1-2/h3-4,6,8-9,11-12,16,21H,1-2,5,7,10,13H2,(H,22,23);2*1-2H3/b14-6+;;. The van der Waals surface area contributed by atoms with Crippen LogP contribution in [0.4, 0.5) is 0 Å². The highest BCUT2D eigenvalue weighted by Crippen LogP contribution is 2.31. The summed E-state index contributed by atoms with van der Waals surface area (Å²) in [5.74, 6) is 1.46. The van der Waals surface area contributed by atoms with Gasteiger partial charge in [0.15, 0.2) is 0 Å². The summed E-state index contributed by atoms with van der Waals surface area (Å²) in [6.45, 7) is 17.8. The molecule has 0 spiro atoms. The molecule has 0 aromatic carbocycles. The maximum Gasteiger partial charge on any atom is 0.111 e. The van der Waals surface area contributed by atoms with Crippen LogP contribution in [0.25, 0.3) is 16.8 Å². The Bertz CT molecular complexity index is 707. The SMILES string of the molecule is C=C/C=C(\C=C)c1[nH]c(C2CCCNC2)nc1-c1ccncc1.CC.CC. The number of allylic oxidation sites excluding steroid dienone is 4. The Balaban J connectivity index is 0.000000855. The molecule has 0 bridgehead atoms. The molecular weight excluding hydrogens is 332 g/mol. The Morgan fingerprint density at radius 3 is 2.41 bits per heavy atom. The van der Waals surface area contributed by atoms with E-state index in [4.69, 9.17) is 4.98 Å². The molecule has 1 saturated heterocycles. The molecule has 0 amide bonds. The molecule has 3 rings (SSSR count). The Morgan fingerprint density at radius 1 is 1.15 bits per heavy atom. The number of pyridine rings is 1. The van der Waals surface area contributed by atoms with E-state index in [2.05, 4.69) is 28.4 Å². The molecule has 1 fully saturated rings.